The van der Waals surface area contributed by atoms with Crippen LogP contribution < -0.4 is 5.73 Å². The van der Waals surface area contributed by atoms with Gasteiger partial charge in [0.15, 0.2) is 0 Å². The quantitative estimate of drug-likeness (QED) is 0.415. The minimum Gasteiger partial charge on any atom is -0.397 e. The summed E-state index contributed by atoms with van der Waals surface area (Å²) >= 11 is 0. The molecule has 2 aliphatic rings. The molecule has 4 aromatic rings. The molecule has 2 aromatic carbocycles. The van der Waals surface area contributed by atoms with Gasteiger partial charge in [0.25, 0.3) is 0 Å². The van der Waals surface area contributed by atoms with E-state index in [1.165, 1.54) is 54.4 Å². The van der Waals surface area contributed by atoms with E-state index in [-0.39, 0.29) is 0 Å². The predicted octanol–water partition coefficient (Wildman–Crippen LogP) is 5.77. The highest BCUT2D eigenvalue weighted by molar-refractivity contribution is 5.86. The van der Waals surface area contributed by atoms with E-state index >= 15 is 0 Å². The second-order valence-corrected chi connectivity index (χ2v) is 10.4. The van der Waals surface area contributed by atoms with E-state index in [0.717, 1.165) is 35.5 Å². The summed E-state index contributed by atoms with van der Waals surface area (Å²) in [6.45, 7) is 11.6. The first-order valence-electron chi connectivity index (χ1n) is 12.7. The number of nitrogens with zero attached hydrogens (tertiary/aromatic N) is 4. The summed E-state index contributed by atoms with van der Waals surface area (Å²) in [5.74, 6) is 2.16. The summed E-state index contributed by atoms with van der Waals surface area (Å²) < 4.78 is 4.22. The molecule has 0 spiro atoms. The van der Waals surface area contributed by atoms with Gasteiger partial charge in [-0.1, -0.05) is 43.3 Å². The van der Waals surface area contributed by atoms with Gasteiger partial charge in [0.2, 0.25) is 0 Å². The third-order valence-corrected chi connectivity index (χ3v) is 7.63. The zero-order valence-electron chi connectivity index (χ0n) is 21.2. The number of aromatic nitrogens is 3. The fourth-order valence-corrected chi connectivity index (χ4v) is 5.87. The summed E-state index contributed by atoms with van der Waals surface area (Å²) in [5.41, 5.74) is 12.8. The Balaban J connectivity index is 0.000000234. The Morgan fingerprint density at radius 2 is 1.74 bits per heavy atom. The van der Waals surface area contributed by atoms with E-state index in [1.807, 2.05) is 23.7 Å². The highest BCUT2D eigenvalue weighted by atomic mass is 15.3. The molecule has 5 heteroatoms. The predicted molar refractivity (Wildman–Crippen MR) is 146 cm³/mol. The molecule has 2 atom stereocenters. The van der Waals surface area contributed by atoms with Crippen LogP contribution >= 0.6 is 0 Å². The smallest absolute Gasteiger partial charge is 0.108 e. The van der Waals surface area contributed by atoms with Crippen molar-refractivity contribution in [3.8, 4) is 5.69 Å². The zero-order chi connectivity index (χ0) is 24.5. The lowest BCUT2D eigenvalue weighted by molar-refractivity contribution is 0.379. The van der Waals surface area contributed by atoms with Crippen molar-refractivity contribution in [2.24, 2.45) is 17.6 Å². The van der Waals surface area contributed by atoms with Gasteiger partial charge in [-0.15, -0.1) is 0 Å². The molecule has 1 aliphatic heterocycles. The summed E-state index contributed by atoms with van der Waals surface area (Å²) in [6.07, 6.45) is 6.73. The van der Waals surface area contributed by atoms with Crippen LogP contribution in [0.5, 0.6) is 0 Å². The molecule has 0 amide bonds. The lowest BCUT2D eigenvalue weighted by Crippen LogP contribution is -2.14. The minimum atomic E-state index is 0.484. The maximum Gasteiger partial charge on any atom is 0.108 e. The van der Waals surface area contributed by atoms with Crippen molar-refractivity contribution < 1.29 is 0 Å². The van der Waals surface area contributed by atoms with E-state index < -0.39 is 0 Å². The molecule has 1 aliphatic carbocycles. The van der Waals surface area contributed by atoms with Crippen LogP contribution in [0.2, 0.25) is 0 Å². The largest absolute Gasteiger partial charge is 0.397 e. The van der Waals surface area contributed by atoms with Gasteiger partial charge < -0.3 is 15.2 Å². The molecule has 1 saturated carbocycles. The van der Waals surface area contributed by atoms with Crippen molar-refractivity contribution in [3.63, 3.8) is 0 Å². The Bertz CT molecular complexity index is 1320. The molecule has 1 saturated heterocycles. The number of rotatable bonds is 4. The van der Waals surface area contributed by atoms with E-state index in [0.29, 0.717) is 5.70 Å². The van der Waals surface area contributed by atoms with Crippen molar-refractivity contribution in [1.82, 2.24) is 19.2 Å². The van der Waals surface area contributed by atoms with E-state index in [9.17, 15) is 0 Å². The van der Waals surface area contributed by atoms with Gasteiger partial charge in [-0.25, -0.2) is 4.68 Å². The third kappa shape index (κ3) is 4.92. The van der Waals surface area contributed by atoms with Crippen LogP contribution in [0.25, 0.3) is 22.3 Å². The molecule has 6 rings (SSSR count). The molecule has 5 nitrogen and oxygen atoms in total. The topological polar surface area (TPSA) is 52.0 Å². The fraction of sp³-hybridized carbons (Fsp3) is 0.367. The standard InChI is InChI=1S/C22H22N4.C8H15N/c1-15-13-25(14-18-7-5-4-6-8-18)22-10-9-19(12-20(15)22)26-16(2)11-21(24-26)17(3)23;1-9-5-7-3-2-4-8(7)6-9/h4-13H,3,14,23H2,1-2H3;7-8H,2-6H2,1H3. The molecule has 2 fully saturated rings. The maximum absolute atomic E-state index is 5.79. The van der Waals surface area contributed by atoms with Gasteiger partial charge in [0.05, 0.1) is 11.4 Å². The van der Waals surface area contributed by atoms with Crippen molar-refractivity contribution in [2.45, 2.75) is 39.7 Å². The summed E-state index contributed by atoms with van der Waals surface area (Å²) in [6, 6.07) is 18.9. The Hall–Kier alpha value is -3.31. The lowest BCUT2D eigenvalue weighted by atomic mass is 10.0. The van der Waals surface area contributed by atoms with Crippen molar-refractivity contribution in [2.75, 3.05) is 20.1 Å². The Morgan fingerprint density at radius 1 is 1.03 bits per heavy atom. The molecule has 0 radical (unpaired) electrons. The number of aryl methyl sites for hydroxylation is 2. The molecule has 182 valence electrons. The molecular weight excluding hydrogens is 430 g/mol. The van der Waals surface area contributed by atoms with E-state index in [2.05, 4.69) is 83.8 Å². The molecule has 2 N–H and O–H groups in total. The summed E-state index contributed by atoms with van der Waals surface area (Å²) in [4.78, 5) is 2.48. The van der Waals surface area contributed by atoms with Gasteiger partial charge in [0.1, 0.15) is 5.69 Å². The maximum atomic E-state index is 5.79. The zero-order valence-corrected chi connectivity index (χ0v) is 21.2. The van der Waals surface area contributed by atoms with Crippen molar-refractivity contribution >= 4 is 16.6 Å². The van der Waals surface area contributed by atoms with Crippen LogP contribution in [0.15, 0.2) is 67.4 Å². The molecule has 3 heterocycles. The minimum absolute atomic E-state index is 0.484. The molecule has 2 aromatic heterocycles. The van der Waals surface area contributed by atoms with Crippen LogP contribution in [0.4, 0.5) is 0 Å². The first-order chi connectivity index (χ1) is 16.9. The number of likely N-dealkylation sites (tertiary alicyclic amines) is 1. The number of benzene rings is 2. The Kier molecular flexibility index (Phi) is 6.52. The number of hydrogen-bond acceptors (Lipinski definition) is 3. The van der Waals surface area contributed by atoms with Gasteiger partial charge in [-0.3, -0.25) is 0 Å². The average Bonchev–Trinajstić information content (AvgIpc) is 3.59. The fourth-order valence-electron chi connectivity index (χ4n) is 5.87. The molecule has 0 bridgehead atoms. The normalized spacial score (nSPS) is 19.5. The Labute approximate surface area is 208 Å². The third-order valence-electron chi connectivity index (χ3n) is 7.63. The Morgan fingerprint density at radius 3 is 2.40 bits per heavy atom. The number of fused-ring (bicyclic) bond motifs is 2. The van der Waals surface area contributed by atoms with Gasteiger partial charge in [0, 0.05) is 42.4 Å². The monoisotopic (exact) mass is 467 g/mol. The second kappa shape index (κ2) is 9.74. The second-order valence-electron chi connectivity index (χ2n) is 10.4. The molecular formula is C30H37N5. The molecule has 35 heavy (non-hydrogen) atoms. The van der Waals surface area contributed by atoms with Crippen LogP contribution in [-0.4, -0.2) is 39.4 Å². The van der Waals surface area contributed by atoms with E-state index in [4.69, 9.17) is 5.73 Å². The van der Waals surface area contributed by atoms with Crippen molar-refractivity contribution in [1.29, 1.82) is 0 Å². The SMILES string of the molecule is C=C(N)c1cc(C)n(-c2ccc3c(c2)c(C)cn3Cc2ccccc2)n1.CN1CC2CCCC2C1. The average molecular weight is 468 g/mol. The number of hydrogen-bond donors (Lipinski definition) is 1. The first-order valence-corrected chi connectivity index (χ1v) is 12.7. The summed E-state index contributed by atoms with van der Waals surface area (Å²) in [7, 11) is 2.25. The van der Waals surface area contributed by atoms with Gasteiger partial charge >= 0.3 is 0 Å². The first kappa shape index (κ1) is 23.4. The number of nitrogens with two attached hydrogens (primary N) is 1. The highest BCUT2D eigenvalue weighted by Gasteiger charge is 2.33. The molecule has 2 unspecified atom stereocenters. The van der Waals surface area contributed by atoms with Crippen LogP contribution in [0.3, 0.4) is 0 Å². The van der Waals surface area contributed by atoms with Gasteiger partial charge in [-0.05, 0) is 81.0 Å². The summed E-state index contributed by atoms with van der Waals surface area (Å²) in [5, 5.41) is 5.81. The van der Waals surface area contributed by atoms with Crippen LogP contribution in [0.1, 0.15) is 41.8 Å². The van der Waals surface area contributed by atoms with E-state index in [1.54, 1.807) is 0 Å². The van der Waals surface area contributed by atoms with Crippen LogP contribution in [-0.2, 0) is 6.54 Å². The highest BCUT2D eigenvalue weighted by Crippen LogP contribution is 2.36. The van der Waals surface area contributed by atoms with Crippen molar-refractivity contribution in [3.05, 3.63) is 89.9 Å². The lowest BCUT2D eigenvalue weighted by Gasteiger charge is -2.08. The van der Waals surface area contributed by atoms with Crippen LogP contribution in [0, 0.1) is 25.7 Å². The van der Waals surface area contributed by atoms with Gasteiger partial charge in [-0.2, -0.15) is 5.10 Å².